The fourth-order valence-electron chi connectivity index (χ4n) is 7.02. The lowest BCUT2D eigenvalue weighted by Crippen LogP contribution is -2.36. The van der Waals surface area contributed by atoms with Gasteiger partial charge in [-0.25, -0.2) is 0 Å². The molecule has 1 unspecified atom stereocenters. The second kappa shape index (κ2) is 14.1. The van der Waals surface area contributed by atoms with Crippen molar-refractivity contribution in [2.24, 2.45) is 0 Å². The zero-order valence-corrected chi connectivity index (χ0v) is 28.5. The molecule has 1 aromatic heterocycles. The number of ether oxygens (including phenoxy) is 1. The Labute approximate surface area is 292 Å². The summed E-state index contributed by atoms with van der Waals surface area (Å²) in [6.45, 7) is 1.69. The van der Waals surface area contributed by atoms with Crippen molar-refractivity contribution in [2.45, 2.75) is 31.8 Å². The van der Waals surface area contributed by atoms with Crippen molar-refractivity contribution < 1.29 is 9.30 Å². The lowest BCUT2D eigenvalue weighted by Gasteiger charge is -2.31. The van der Waals surface area contributed by atoms with Gasteiger partial charge in [-0.05, 0) is 59.2 Å². The second-order valence-electron chi connectivity index (χ2n) is 12.6. The van der Waals surface area contributed by atoms with Gasteiger partial charge in [-0.2, -0.15) is 11.6 Å². The van der Waals surface area contributed by atoms with Crippen LogP contribution in [0.4, 0.5) is 5.69 Å². The fourth-order valence-corrected chi connectivity index (χ4v) is 8.15. The fraction of sp³-hybridized carbons (Fsp3) is 0.159. The molecule has 8 rings (SSSR count). The van der Waals surface area contributed by atoms with E-state index in [2.05, 4.69) is 161 Å². The Balaban J connectivity index is 1.20. The molecule has 242 valence electrons. The number of aromatic nitrogens is 1. The van der Waals surface area contributed by atoms with Crippen molar-refractivity contribution in [2.75, 3.05) is 18.5 Å². The third-order valence-corrected chi connectivity index (χ3v) is 10.6. The molecule has 0 saturated carbocycles. The van der Waals surface area contributed by atoms with E-state index in [1.54, 1.807) is 0 Å². The quantitative estimate of drug-likeness (QED) is 0.130. The molecular weight excluding hydrogens is 619 g/mol. The first kappa shape index (κ1) is 31.1. The maximum atomic E-state index is 6.75. The molecule has 1 atom stereocenters. The van der Waals surface area contributed by atoms with Crippen LogP contribution >= 0.6 is 11.3 Å². The van der Waals surface area contributed by atoms with Crippen molar-refractivity contribution in [1.82, 2.24) is 0 Å². The van der Waals surface area contributed by atoms with Gasteiger partial charge in [-0.15, -0.1) is 6.04 Å². The zero-order chi connectivity index (χ0) is 33.0. The van der Waals surface area contributed by atoms with Crippen LogP contribution in [0.5, 0.6) is 5.75 Å². The van der Waals surface area contributed by atoms with Crippen LogP contribution in [0.25, 0.3) is 43.5 Å². The summed E-state index contributed by atoms with van der Waals surface area (Å²) in [5, 5.41) is 8.53. The van der Waals surface area contributed by atoms with Crippen molar-refractivity contribution in [3.8, 4) is 16.9 Å². The van der Waals surface area contributed by atoms with Gasteiger partial charge in [0, 0.05) is 13.0 Å². The maximum absolute atomic E-state index is 6.75. The summed E-state index contributed by atoms with van der Waals surface area (Å²) in [4.78, 5) is 2.36. The standard InChI is InChI=1S/C44H39N3OS/c1-45-38(35-20-9-4-10-21-35)27-29-46-39-30-36(33-17-7-3-8-18-33)23-25-40(39)48-42(46)31-43-47(28-13-16-32-14-5-2-6-15-32)44-37-22-12-11-19-34(37)24-26-41(44)49-43/h2-12,14-15,17-26,30-31,38H,13,16,27-29H2,1H3. The molecule has 0 N–H and O–H groups in total. The molecule has 0 spiro atoms. The van der Waals surface area contributed by atoms with E-state index < -0.39 is 0 Å². The van der Waals surface area contributed by atoms with E-state index in [0.29, 0.717) is 0 Å². The monoisotopic (exact) mass is 657 g/mol. The van der Waals surface area contributed by atoms with Gasteiger partial charge >= 0.3 is 0 Å². The average Bonchev–Trinajstić information content (AvgIpc) is 3.69. The number of benzene rings is 6. The number of thiazole rings is 1. The Morgan fingerprint density at radius 3 is 2.31 bits per heavy atom. The summed E-state index contributed by atoms with van der Waals surface area (Å²) in [6.07, 6.45) is 5.21. The average molecular weight is 658 g/mol. The van der Waals surface area contributed by atoms with Gasteiger partial charge < -0.3 is 15.0 Å². The van der Waals surface area contributed by atoms with Crippen molar-refractivity contribution in [1.29, 1.82) is 0 Å². The Morgan fingerprint density at radius 2 is 1.51 bits per heavy atom. The number of nitrogens with zero attached hydrogens (tertiary/aromatic N) is 3. The Hall–Kier alpha value is -5.23. The summed E-state index contributed by atoms with van der Waals surface area (Å²) in [7, 11) is 1.93. The predicted molar refractivity (Wildman–Crippen MR) is 205 cm³/mol. The normalized spacial score (nSPS) is 14.0. The largest absolute Gasteiger partial charge is 0.658 e. The van der Waals surface area contributed by atoms with Crippen LogP contribution in [-0.2, 0) is 13.0 Å². The van der Waals surface area contributed by atoms with Crippen LogP contribution in [0.15, 0.2) is 151 Å². The van der Waals surface area contributed by atoms with Crippen LogP contribution in [-0.4, -0.2) is 13.6 Å². The first-order valence-corrected chi connectivity index (χ1v) is 18.0. The first-order valence-electron chi connectivity index (χ1n) is 17.1. The SMILES string of the molecule is C[N-]C(CCN1C(=Cc2sc3ccc4ccccc4c3[n+]2CCCc2ccccc2)Oc2ccc(-c3ccccc3)cc21)c1ccccc1. The minimum atomic E-state index is 0.0995. The Kier molecular flexibility index (Phi) is 8.93. The molecule has 1 aliphatic rings. The summed E-state index contributed by atoms with van der Waals surface area (Å²) in [5.74, 6) is 1.74. The van der Waals surface area contributed by atoms with Crippen LogP contribution in [0.3, 0.4) is 0 Å². The topological polar surface area (TPSA) is 30.5 Å². The molecule has 6 aromatic carbocycles. The lowest BCUT2D eigenvalue weighted by molar-refractivity contribution is -0.668. The molecule has 49 heavy (non-hydrogen) atoms. The van der Waals surface area contributed by atoms with E-state index in [1.807, 2.05) is 18.4 Å². The van der Waals surface area contributed by atoms with Crippen LogP contribution in [0.1, 0.15) is 35.0 Å². The number of fused-ring (bicyclic) bond motifs is 4. The summed E-state index contributed by atoms with van der Waals surface area (Å²) < 4.78 is 10.6. The van der Waals surface area contributed by atoms with E-state index >= 15 is 0 Å². The molecule has 0 amide bonds. The van der Waals surface area contributed by atoms with Gasteiger partial charge in [-0.1, -0.05) is 138 Å². The highest BCUT2D eigenvalue weighted by atomic mass is 32.1. The minimum absolute atomic E-state index is 0.0995. The zero-order valence-electron chi connectivity index (χ0n) is 27.7. The lowest BCUT2D eigenvalue weighted by atomic mass is 10.0. The van der Waals surface area contributed by atoms with Crippen molar-refractivity contribution >= 4 is 44.1 Å². The molecule has 4 nitrogen and oxygen atoms in total. The minimum Gasteiger partial charge on any atom is -0.658 e. The van der Waals surface area contributed by atoms with Gasteiger partial charge in [0.2, 0.25) is 11.4 Å². The molecule has 0 saturated heterocycles. The van der Waals surface area contributed by atoms with Gasteiger partial charge in [-0.3, -0.25) is 0 Å². The smallest absolute Gasteiger partial charge is 0.268 e. The van der Waals surface area contributed by atoms with Gasteiger partial charge in [0.25, 0.3) is 5.01 Å². The summed E-state index contributed by atoms with van der Waals surface area (Å²) in [6, 6.07) is 51.9. The van der Waals surface area contributed by atoms with E-state index in [4.69, 9.17) is 10.1 Å². The predicted octanol–water partition coefficient (Wildman–Crippen LogP) is 11.0. The molecule has 5 heteroatoms. The Bertz CT molecular complexity index is 2230. The molecule has 0 bridgehead atoms. The highest BCUT2D eigenvalue weighted by Crippen LogP contribution is 2.43. The summed E-state index contributed by atoms with van der Waals surface area (Å²) in [5.41, 5.74) is 7.38. The van der Waals surface area contributed by atoms with Crippen molar-refractivity contribution in [3.63, 3.8) is 0 Å². The number of hydrogen-bond acceptors (Lipinski definition) is 3. The summed E-state index contributed by atoms with van der Waals surface area (Å²) >= 11 is 1.84. The van der Waals surface area contributed by atoms with E-state index in [1.165, 1.54) is 48.3 Å². The van der Waals surface area contributed by atoms with E-state index in [-0.39, 0.29) is 6.04 Å². The third-order valence-electron chi connectivity index (χ3n) is 9.51. The molecule has 2 heterocycles. The molecule has 1 aliphatic heterocycles. The first-order chi connectivity index (χ1) is 24.2. The maximum Gasteiger partial charge on any atom is 0.268 e. The highest BCUT2D eigenvalue weighted by molar-refractivity contribution is 7.19. The number of aryl methyl sites for hydroxylation is 2. The van der Waals surface area contributed by atoms with Gasteiger partial charge in [0.1, 0.15) is 4.70 Å². The highest BCUT2D eigenvalue weighted by Gasteiger charge is 2.30. The van der Waals surface area contributed by atoms with Crippen LogP contribution in [0, 0.1) is 0 Å². The van der Waals surface area contributed by atoms with E-state index in [9.17, 15) is 0 Å². The third kappa shape index (κ3) is 6.48. The second-order valence-corrected chi connectivity index (χ2v) is 13.6. The van der Waals surface area contributed by atoms with Crippen LogP contribution in [0.2, 0.25) is 0 Å². The number of anilines is 1. The van der Waals surface area contributed by atoms with E-state index in [0.717, 1.165) is 49.7 Å². The molecule has 7 aromatic rings. The molecule has 0 radical (unpaired) electrons. The van der Waals surface area contributed by atoms with Crippen LogP contribution < -0.4 is 14.2 Å². The number of hydrogen-bond donors (Lipinski definition) is 0. The van der Waals surface area contributed by atoms with Gasteiger partial charge in [0.15, 0.2) is 12.3 Å². The van der Waals surface area contributed by atoms with Gasteiger partial charge in [0.05, 0.1) is 17.1 Å². The molecular formula is C44H39N3OS. The molecule has 0 fully saturated rings. The Morgan fingerprint density at radius 1 is 0.776 bits per heavy atom. The number of rotatable bonds is 11. The van der Waals surface area contributed by atoms with Crippen molar-refractivity contribution in [3.05, 3.63) is 173 Å². The molecule has 0 aliphatic carbocycles.